The van der Waals surface area contributed by atoms with Gasteiger partial charge in [0.05, 0.1) is 5.92 Å². The largest absolute Gasteiger partial charge is 0.481 e. The van der Waals surface area contributed by atoms with E-state index in [1.807, 2.05) is 43.3 Å². The van der Waals surface area contributed by atoms with Crippen LogP contribution in [-0.4, -0.2) is 22.8 Å². The first kappa shape index (κ1) is 22.5. The van der Waals surface area contributed by atoms with Gasteiger partial charge in [-0.1, -0.05) is 55.5 Å². The fourth-order valence-corrected chi connectivity index (χ4v) is 4.13. The smallest absolute Gasteiger partial charge is 0.263 e. The molecule has 1 aliphatic rings. The van der Waals surface area contributed by atoms with Crippen LogP contribution in [0.2, 0.25) is 0 Å². The van der Waals surface area contributed by atoms with Crippen molar-refractivity contribution in [2.24, 2.45) is 0 Å². The van der Waals surface area contributed by atoms with Crippen LogP contribution >= 0.6 is 0 Å². The zero-order chi connectivity index (χ0) is 23.4. The number of carbonyl (C=O) groups is 2. The van der Waals surface area contributed by atoms with Gasteiger partial charge in [-0.05, 0) is 43.2 Å². The van der Waals surface area contributed by atoms with Crippen molar-refractivity contribution in [3.8, 4) is 5.75 Å². The molecule has 0 aromatic heterocycles. The number of fused-ring (bicyclic) bond motifs is 1. The van der Waals surface area contributed by atoms with E-state index in [1.165, 1.54) is 6.07 Å². The summed E-state index contributed by atoms with van der Waals surface area (Å²) in [5.41, 5.74) is 2.80. The Balaban J connectivity index is 1.56. The van der Waals surface area contributed by atoms with E-state index >= 15 is 0 Å². The van der Waals surface area contributed by atoms with Crippen LogP contribution in [0.1, 0.15) is 42.9 Å². The molecule has 170 valence electrons. The lowest BCUT2D eigenvalue weighted by atomic mass is 9.95. The fourth-order valence-electron chi connectivity index (χ4n) is 4.13. The van der Waals surface area contributed by atoms with Crippen molar-refractivity contribution in [3.63, 3.8) is 0 Å². The maximum absolute atomic E-state index is 14.2. The Hall–Kier alpha value is -3.67. The molecule has 0 fully saturated rings. The number of carbonyl (C=O) groups excluding carboxylic acids is 2. The molecular formula is C27H27FN2O3. The van der Waals surface area contributed by atoms with Crippen molar-refractivity contribution in [1.82, 2.24) is 4.90 Å². The maximum atomic E-state index is 14.2. The molecule has 5 nitrogen and oxygen atoms in total. The zero-order valence-corrected chi connectivity index (χ0v) is 18.8. The number of hydrogen-bond acceptors (Lipinski definition) is 3. The minimum absolute atomic E-state index is 0.0918. The standard InChI is InChI=1S/C27H27FN2O3/c1-3-23(19-9-5-4-6-10-19)26(31)29-22-13-14-25-21(15-22)17-30(27(32)18(2)33-25)16-20-11-7-8-12-24(20)28/h4-15,18,23H,3,16-17H2,1-2H3,(H,29,31). The second-order valence-corrected chi connectivity index (χ2v) is 8.23. The number of amides is 2. The van der Waals surface area contributed by atoms with Crippen LogP contribution in [0.15, 0.2) is 72.8 Å². The van der Waals surface area contributed by atoms with Gasteiger partial charge in [0.2, 0.25) is 5.91 Å². The van der Waals surface area contributed by atoms with E-state index in [0.717, 1.165) is 11.1 Å². The van der Waals surface area contributed by atoms with E-state index in [-0.39, 0.29) is 36.6 Å². The predicted molar refractivity (Wildman–Crippen MR) is 125 cm³/mol. The summed E-state index contributed by atoms with van der Waals surface area (Å²) in [5, 5.41) is 3.00. The van der Waals surface area contributed by atoms with E-state index in [1.54, 1.807) is 42.2 Å². The van der Waals surface area contributed by atoms with Crippen molar-refractivity contribution in [2.45, 2.75) is 45.4 Å². The minimum atomic E-state index is -0.694. The molecule has 6 heteroatoms. The van der Waals surface area contributed by atoms with Crippen LogP contribution in [0.3, 0.4) is 0 Å². The molecule has 1 N–H and O–H groups in total. The van der Waals surface area contributed by atoms with Gasteiger partial charge in [-0.15, -0.1) is 0 Å². The fraction of sp³-hybridized carbons (Fsp3) is 0.259. The molecule has 1 heterocycles. The molecule has 0 saturated heterocycles. The Morgan fingerprint density at radius 1 is 1.12 bits per heavy atom. The van der Waals surface area contributed by atoms with Crippen molar-refractivity contribution in [2.75, 3.05) is 5.32 Å². The highest BCUT2D eigenvalue weighted by atomic mass is 19.1. The molecule has 33 heavy (non-hydrogen) atoms. The number of ether oxygens (including phenoxy) is 1. The first-order chi connectivity index (χ1) is 16.0. The Kier molecular flexibility index (Phi) is 6.73. The summed E-state index contributed by atoms with van der Waals surface area (Å²) in [6.07, 6.45) is -0.0206. The number of anilines is 1. The van der Waals surface area contributed by atoms with Crippen LogP contribution < -0.4 is 10.1 Å². The van der Waals surface area contributed by atoms with Gasteiger partial charge in [0.25, 0.3) is 5.91 Å². The minimum Gasteiger partial charge on any atom is -0.481 e. The average Bonchev–Trinajstić information content (AvgIpc) is 2.93. The lowest BCUT2D eigenvalue weighted by Crippen LogP contribution is -2.37. The summed E-state index contributed by atoms with van der Waals surface area (Å²) in [7, 11) is 0. The van der Waals surface area contributed by atoms with E-state index in [9.17, 15) is 14.0 Å². The van der Waals surface area contributed by atoms with E-state index < -0.39 is 6.10 Å². The summed E-state index contributed by atoms with van der Waals surface area (Å²) in [6, 6.07) is 21.5. The van der Waals surface area contributed by atoms with Crippen LogP contribution in [0.4, 0.5) is 10.1 Å². The normalized spacial score (nSPS) is 16.4. The molecule has 0 saturated carbocycles. The molecule has 0 spiro atoms. The van der Waals surface area contributed by atoms with E-state index in [4.69, 9.17) is 4.74 Å². The molecular weight excluding hydrogens is 419 g/mol. The lowest BCUT2D eigenvalue weighted by molar-refractivity contribution is -0.138. The molecule has 3 aromatic carbocycles. The van der Waals surface area contributed by atoms with Crippen molar-refractivity contribution >= 4 is 17.5 Å². The van der Waals surface area contributed by atoms with Crippen LogP contribution in [0.25, 0.3) is 0 Å². The highest BCUT2D eigenvalue weighted by Gasteiger charge is 2.29. The van der Waals surface area contributed by atoms with Gasteiger partial charge in [0.1, 0.15) is 11.6 Å². The molecule has 2 unspecified atom stereocenters. The molecule has 0 radical (unpaired) electrons. The Morgan fingerprint density at radius 3 is 2.58 bits per heavy atom. The first-order valence-corrected chi connectivity index (χ1v) is 11.1. The van der Waals surface area contributed by atoms with E-state index in [2.05, 4.69) is 5.32 Å². The topological polar surface area (TPSA) is 58.6 Å². The summed E-state index contributed by atoms with van der Waals surface area (Å²) in [6.45, 7) is 4.07. The molecule has 2 atom stereocenters. The van der Waals surface area contributed by atoms with Gasteiger partial charge in [-0.25, -0.2) is 4.39 Å². The van der Waals surface area contributed by atoms with Crippen molar-refractivity contribution in [1.29, 1.82) is 0 Å². The third-order valence-electron chi connectivity index (χ3n) is 5.90. The summed E-state index contributed by atoms with van der Waals surface area (Å²) in [4.78, 5) is 27.4. The van der Waals surface area contributed by atoms with Gasteiger partial charge >= 0.3 is 0 Å². The first-order valence-electron chi connectivity index (χ1n) is 11.1. The molecule has 1 aliphatic heterocycles. The number of hydrogen-bond donors (Lipinski definition) is 1. The van der Waals surface area contributed by atoms with Crippen LogP contribution in [0, 0.1) is 5.82 Å². The van der Waals surface area contributed by atoms with Gasteiger partial charge in [0, 0.05) is 29.9 Å². The van der Waals surface area contributed by atoms with Gasteiger partial charge in [0.15, 0.2) is 6.10 Å². The van der Waals surface area contributed by atoms with Gasteiger partial charge in [-0.3, -0.25) is 9.59 Å². The SMILES string of the molecule is CCC(C(=O)Nc1ccc2c(c1)CN(Cc1ccccc1F)C(=O)C(C)O2)c1ccccc1. The summed E-state index contributed by atoms with van der Waals surface area (Å²) in [5.74, 6) is -0.336. The Labute approximate surface area is 193 Å². The molecule has 4 rings (SSSR count). The highest BCUT2D eigenvalue weighted by Crippen LogP contribution is 2.30. The number of nitrogens with zero attached hydrogens (tertiary/aromatic N) is 1. The quantitative estimate of drug-likeness (QED) is 0.561. The Bertz CT molecular complexity index is 1150. The highest BCUT2D eigenvalue weighted by molar-refractivity contribution is 5.96. The van der Waals surface area contributed by atoms with Gasteiger partial charge in [-0.2, -0.15) is 0 Å². The number of nitrogens with one attached hydrogen (secondary N) is 1. The van der Waals surface area contributed by atoms with Gasteiger partial charge < -0.3 is 15.0 Å². The molecule has 2 amide bonds. The van der Waals surface area contributed by atoms with Crippen LogP contribution in [-0.2, 0) is 22.7 Å². The van der Waals surface area contributed by atoms with E-state index in [0.29, 0.717) is 23.4 Å². The zero-order valence-electron chi connectivity index (χ0n) is 18.8. The third-order valence-corrected chi connectivity index (χ3v) is 5.90. The molecule has 0 bridgehead atoms. The maximum Gasteiger partial charge on any atom is 0.263 e. The third kappa shape index (κ3) is 5.06. The second kappa shape index (κ2) is 9.86. The van der Waals surface area contributed by atoms with Crippen molar-refractivity contribution < 1.29 is 18.7 Å². The predicted octanol–water partition coefficient (Wildman–Crippen LogP) is 5.27. The lowest BCUT2D eigenvalue weighted by Gasteiger charge is -2.22. The number of benzene rings is 3. The van der Waals surface area contributed by atoms with Crippen molar-refractivity contribution in [3.05, 3.63) is 95.3 Å². The summed E-state index contributed by atoms with van der Waals surface area (Å²) >= 11 is 0. The second-order valence-electron chi connectivity index (χ2n) is 8.23. The number of halogens is 1. The summed E-state index contributed by atoms with van der Waals surface area (Å²) < 4.78 is 20.1. The molecule has 0 aliphatic carbocycles. The average molecular weight is 447 g/mol. The molecule has 3 aromatic rings. The Morgan fingerprint density at radius 2 is 1.85 bits per heavy atom. The number of rotatable bonds is 6. The van der Waals surface area contributed by atoms with Crippen LogP contribution in [0.5, 0.6) is 5.75 Å². The monoisotopic (exact) mass is 446 g/mol.